The van der Waals surface area contributed by atoms with Gasteiger partial charge in [-0.2, -0.15) is 26.3 Å². The molecule has 1 aliphatic rings. The van der Waals surface area contributed by atoms with Gasteiger partial charge in [-0.1, -0.05) is 0 Å². The van der Waals surface area contributed by atoms with Crippen molar-refractivity contribution in [3.05, 3.63) is 0 Å². The predicted molar refractivity (Wildman–Crippen MR) is 31.7 cm³/mol. The highest BCUT2D eigenvalue weighted by molar-refractivity contribution is 4.99. The quantitative estimate of drug-likeness (QED) is 0.654. The van der Waals surface area contributed by atoms with Crippen LogP contribution in [0.4, 0.5) is 26.3 Å². The summed E-state index contributed by atoms with van der Waals surface area (Å²) in [7, 11) is 0. The normalized spacial score (nSPS) is 29.5. The Morgan fingerprint density at radius 2 is 1.31 bits per heavy atom. The molecule has 1 rings (SSSR count). The molecule has 13 heavy (non-hydrogen) atoms. The van der Waals surface area contributed by atoms with Crippen LogP contribution in [0.3, 0.4) is 0 Å². The number of hydrogen-bond donors (Lipinski definition) is 1. The minimum Gasteiger partial charge on any atom is -0.327 e. The topological polar surface area (TPSA) is 26.0 Å². The Kier molecular flexibility index (Phi) is 2.26. The van der Waals surface area contributed by atoms with E-state index in [2.05, 4.69) is 0 Å². The van der Waals surface area contributed by atoms with Gasteiger partial charge in [-0.25, -0.2) is 0 Å². The number of halogens is 6. The van der Waals surface area contributed by atoms with E-state index in [9.17, 15) is 26.3 Å². The summed E-state index contributed by atoms with van der Waals surface area (Å²) < 4.78 is 71.4. The van der Waals surface area contributed by atoms with Gasteiger partial charge in [0.25, 0.3) is 0 Å². The fourth-order valence-electron chi connectivity index (χ4n) is 1.29. The molecule has 1 nitrogen and oxygen atoms in total. The Labute approximate surface area is 69.9 Å². The minimum absolute atomic E-state index is 0.205. The molecule has 78 valence electrons. The first kappa shape index (κ1) is 10.6. The SMILES string of the molecule is NC1CC1C(C(F)(F)F)C(F)(F)F. The molecule has 0 bridgehead atoms. The molecule has 0 aromatic carbocycles. The first-order valence-corrected chi connectivity index (χ1v) is 3.53. The lowest BCUT2D eigenvalue weighted by atomic mass is 10.0. The summed E-state index contributed by atoms with van der Waals surface area (Å²) in [5.74, 6) is -4.74. The van der Waals surface area contributed by atoms with Gasteiger partial charge in [0.2, 0.25) is 0 Å². The zero-order valence-corrected chi connectivity index (χ0v) is 6.28. The van der Waals surface area contributed by atoms with Gasteiger partial charge in [0.1, 0.15) is 0 Å². The lowest BCUT2D eigenvalue weighted by Crippen LogP contribution is -2.39. The van der Waals surface area contributed by atoms with Gasteiger partial charge < -0.3 is 5.73 Å². The number of rotatable bonds is 1. The van der Waals surface area contributed by atoms with Crippen LogP contribution in [0, 0.1) is 11.8 Å². The summed E-state index contributed by atoms with van der Waals surface area (Å²) in [5, 5.41) is 0. The third-order valence-corrected chi connectivity index (χ3v) is 2.02. The number of nitrogens with two attached hydrogens (primary N) is 1. The smallest absolute Gasteiger partial charge is 0.327 e. The van der Waals surface area contributed by atoms with Crippen molar-refractivity contribution >= 4 is 0 Å². The van der Waals surface area contributed by atoms with E-state index in [0.29, 0.717) is 0 Å². The fourth-order valence-corrected chi connectivity index (χ4v) is 1.29. The van der Waals surface area contributed by atoms with E-state index in [1.54, 1.807) is 0 Å². The third-order valence-electron chi connectivity index (χ3n) is 2.02. The lowest BCUT2D eigenvalue weighted by Gasteiger charge is -2.22. The Bertz CT molecular complexity index is 180. The summed E-state index contributed by atoms with van der Waals surface area (Å²) in [6.45, 7) is 0. The summed E-state index contributed by atoms with van der Waals surface area (Å²) in [5.41, 5.74) is 4.96. The maximum absolute atomic E-state index is 11.9. The molecule has 0 aromatic rings. The first-order chi connectivity index (χ1) is 5.64. The van der Waals surface area contributed by atoms with Crippen LogP contribution in [-0.4, -0.2) is 18.4 Å². The van der Waals surface area contributed by atoms with Crippen LogP contribution in [-0.2, 0) is 0 Å². The molecular weight excluding hydrogens is 200 g/mol. The van der Waals surface area contributed by atoms with Crippen molar-refractivity contribution in [1.82, 2.24) is 0 Å². The van der Waals surface area contributed by atoms with Gasteiger partial charge in [0.05, 0.1) is 0 Å². The Morgan fingerprint density at radius 3 is 1.38 bits per heavy atom. The standard InChI is InChI=1S/C6H7F6N/c7-5(8,9)4(6(10,11)12)2-1-3(2)13/h2-4H,1,13H2. The molecule has 0 amide bonds. The van der Waals surface area contributed by atoms with Crippen LogP contribution in [0.25, 0.3) is 0 Å². The van der Waals surface area contributed by atoms with E-state index in [-0.39, 0.29) is 6.42 Å². The maximum atomic E-state index is 11.9. The van der Waals surface area contributed by atoms with Crippen molar-refractivity contribution in [3.8, 4) is 0 Å². The minimum atomic E-state index is -5.24. The summed E-state index contributed by atoms with van der Waals surface area (Å²) in [4.78, 5) is 0. The van der Waals surface area contributed by atoms with Crippen LogP contribution in [0.5, 0.6) is 0 Å². The number of hydrogen-bond acceptors (Lipinski definition) is 1. The second-order valence-corrected chi connectivity index (χ2v) is 3.12. The van der Waals surface area contributed by atoms with E-state index in [1.165, 1.54) is 0 Å². The zero-order chi connectivity index (χ0) is 10.4. The molecule has 2 unspecified atom stereocenters. The molecule has 0 aliphatic heterocycles. The molecule has 0 spiro atoms. The summed E-state index contributed by atoms with van der Waals surface area (Å²) >= 11 is 0. The molecule has 7 heteroatoms. The maximum Gasteiger partial charge on any atom is 0.400 e. The average Bonchev–Trinajstić information content (AvgIpc) is 2.37. The summed E-state index contributed by atoms with van der Waals surface area (Å²) in [6.07, 6.45) is -10.7. The molecule has 0 saturated heterocycles. The molecule has 1 saturated carbocycles. The third kappa shape index (κ3) is 2.26. The molecule has 2 N–H and O–H groups in total. The van der Waals surface area contributed by atoms with Crippen molar-refractivity contribution in [2.75, 3.05) is 0 Å². The molecule has 1 fully saturated rings. The molecular formula is C6H7F6N. The average molecular weight is 207 g/mol. The molecule has 0 radical (unpaired) electrons. The van der Waals surface area contributed by atoms with Crippen molar-refractivity contribution in [2.24, 2.45) is 17.6 Å². The first-order valence-electron chi connectivity index (χ1n) is 3.53. The van der Waals surface area contributed by atoms with Gasteiger partial charge in [0, 0.05) is 6.04 Å². The van der Waals surface area contributed by atoms with Gasteiger partial charge in [0.15, 0.2) is 5.92 Å². The zero-order valence-electron chi connectivity index (χ0n) is 6.28. The van der Waals surface area contributed by atoms with Crippen LogP contribution in [0.2, 0.25) is 0 Å². The van der Waals surface area contributed by atoms with Crippen molar-refractivity contribution in [3.63, 3.8) is 0 Å². The van der Waals surface area contributed by atoms with Gasteiger partial charge >= 0.3 is 12.4 Å². The monoisotopic (exact) mass is 207 g/mol. The fraction of sp³-hybridized carbons (Fsp3) is 1.00. The molecule has 1 aliphatic carbocycles. The van der Waals surface area contributed by atoms with Crippen LogP contribution in [0.1, 0.15) is 6.42 Å². The van der Waals surface area contributed by atoms with Gasteiger partial charge in [-0.15, -0.1) is 0 Å². The van der Waals surface area contributed by atoms with E-state index in [1.807, 2.05) is 0 Å². The van der Waals surface area contributed by atoms with Crippen LogP contribution in [0.15, 0.2) is 0 Å². The van der Waals surface area contributed by atoms with E-state index in [4.69, 9.17) is 5.73 Å². The molecule has 0 heterocycles. The lowest BCUT2D eigenvalue weighted by molar-refractivity contribution is -0.290. The summed E-state index contributed by atoms with van der Waals surface area (Å²) in [6, 6.07) is -0.965. The van der Waals surface area contributed by atoms with Crippen LogP contribution >= 0.6 is 0 Å². The highest BCUT2D eigenvalue weighted by atomic mass is 19.4. The van der Waals surface area contributed by atoms with Crippen LogP contribution < -0.4 is 5.73 Å². The van der Waals surface area contributed by atoms with Crippen molar-refractivity contribution in [1.29, 1.82) is 0 Å². The van der Waals surface area contributed by atoms with Gasteiger partial charge in [-0.05, 0) is 12.3 Å². The highest BCUT2D eigenvalue weighted by Crippen LogP contribution is 2.51. The van der Waals surface area contributed by atoms with Crippen molar-refractivity contribution in [2.45, 2.75) is 24.8 Å². The molecule has 2 atom stereocenters. The van der Waals surface area contributed by atoms with Crippen molar-refractivity contribution < 1.29 is 26.3 Å². The Hall–Kier alpha value is -0.460. The second kappa shape index (κ2) is 2.76. The van der Waals surface area contributed by atoms with E-state index in [0.717, 1.165) is 0 Å². The Morgan fingerprint density at radius 1 is 1.00 bits per heavy atom. The largest absolute Gasteiger partial charge is 0.400 e. The number of alkyl halides is 6. The second-order valence-electron chi connectivity index (χ2n) is 3.12. The Balaban J connectivity index is 2.78. The predicted octanol–water partition coefficient (Wildman–Crippen LogP) is 2.07. The molecule has 0 aromatic heterocycles. The van der Waals surface area contributed by atoms with Gasteiger partial charge in [-0.3, -0.25) is 0 Å². The van der Waals surface area contributed by atoms with E-state index >= 15 is 0 Å². The highest BCUT2D eigenvalue weighted by Gasteiger charge is 2.65. The van der Waals surface area contributed by atoms with E-state index < -0.39 is 30.2 Å².